The molecule has 0 heterocycles. The fraction of sp³-hybridized carbons (Fsp3) is 1.00. The van der Waals surface area contributed by atoms with Gasteiger partial charge in [0.1, 0.15) is 5.25 Å². The summed E-state index contributed by atoms with van der Waals surface area (Å²) in [6, 6.07) is 0. The van der Waals surface area contributed by atoms with Gasteiger partial charge in [-0.25, -0.2) is 0 Å². The van der Waals surface area contributed by atoms with Crippen molar-refractivity contribution >= 4 is 42.1 Å². The van der Waals surface area contributed by atoms with Crippen molar-refractivity contribution in [2.45, 2.75) is 34.2 Å². The molecule has 0 aromatic carbocycles. The molecule has 8 heteroatoms. The predicted octanol–water partition coefficient (Wildman–Crippen LogP) is 5.36. The molecule has 1 fully saturated rings. The van der Waals surface area contributed by atoms with Crippen LogP contribution in [0.4, 0.5) is 19.4 Å². The van der Waals surface area contributed by atoms with Gasteiger partial charge in [0.2, 0.25) is 0 Å². The molecule has 1 saturated carbocycles. The second-order valence-electron chi connectivity index (χ2n) is 3.46. The molecule has 0 nitrogen and oxygen atoms in total. The average Bonchev–Trinajstić information content (AvgIpc) is 1.89. The Morgan fingerprint density at radius 1 is 0.929 bits per heavy atom. The zero-order valence-electron chi connectivity index (χ0n) is 6.91. The monoisotopic (exact) mass is 366 g/mol. The predicted molar refractivity (Wildman–Crippen MR) is 56.2 cm³/mol. The quantitative estimate of drug-likeness (QED) is 0.432. The first-order chi connectivity index (χ1) is 5.91. The van der Waals surface area contributed by atoms with Gasteiger partial charge >= 0.3 is 0 Å². The second kappa shape index (κ2) is 3.00. The van der Waals surface area contributed by atoms with E-state index >= 15 is 0 Å². The van der Waals surface area contributed by atoms with Crippen LogP contribution in [0, 0.1) is 0 Å². The van der Waals surface area contributed by atoms with Crippen molar-refractivity contribution in [2.75, 3.05) is 0 Å². The van der Waals surface area contributed by atoms with Gasteiger partial charge in [-0.3, -0.25) is 0 Å². The smallest absolute Gasteiger partial charge is 0.0975 e. The largest absolute Gasteiger partial charge is 0.289 e. The van der Waals surface area contributed by atoms with Crippen molar-refractivity contribution in [3.63, 3.8) is 0 Å². The third-order valence-electron chi connectivity index (χ3n) is 2.24. The molecule has 88 valence electrons. The summed E-state index contributed by atoms with van der Waals surface area (Å²) >= 11 is 5.68. The maximum atomic E-state index is 12.5. The normalized spacial score (nSPS) is 40.1. The third kappa shape index (κ3) is 2.98. The summed E-state index contributed by atoms with van der Waals surface area (Å²) < 4.78 is 62.4. The van der Waals surface area contributed by atoms with E-state index in [-0.39, 0.29) is 6.42 Å². The van der Waals surface area contributed by atoms with Crippen LogP contribution in [-0.4, -0.2) is 14.9 Å². The topological polar surface area (TPSA) is 0 Å². The van der Waals surface area contributed by atoms with Crippen molar-refractivity contribution in [1.29, 1.82) is 0 Å². The van der Waals surface area contributed by atoms with Crippen LogP contribution < -0.4 is 0 Å². The van der Waals surface area contributed by atoms with Crippen molar-refractivity contribution in [1.82, 2.24) is 0 Å². The molecule has 1 aliphatic rings. The Kier molecular flexibility index (Phi) is 2.79. The molecule has 0 aromatic heterocycles. The van der Waals surface area contributed by atoms with Gasteiger partial charge in [-0.15, -0.1) is 0 Å². The van der Waals surface area contributed by atoms with E-state index in [4.69, 9.17) is 0 Å². The average molecular weight is 368 g/mol. The molecule has 0 bridgehead atoms. The molecule has 14 heavy (non-hydrogen) atoms. The Morgan fingerprint density at radius 2 is 1.43 bits per heavy atom. The minimum Gasteiger partial charge on any atom is -0.0975 e. The summed E-state index contributed by atoms with van der Waals surface area (Å²) in [6.07, 6.45) is 0.171. The van der Waals surface area contributed by atoms with Crippen LogP contribution in [-0.2, 0) is 0 Å². The maximum Gasteiger partial charge on any atom is 0.289 e. The number of hydrogen-bond acceptors (Lipinski definition) is 0. The molecular weight excluding hydrogens is 359 g/mol. The van der Waals surface area contributed by atoms with E-state index in [1.165, 1.54) is 0 Å². The van der Waals surface area contributed by atoms with Gasteiger partial charge in [-0.05, 0) is 12.8 Å². The Balaban J connectivity index is 2.99. The van der Waals surface area contributed by atoms with Crippen LogP contribution >= 0.6 is 42.1 Å². The van der Waals surface area contributed by atoms with Crippen LogP contribution in [0.5, 0.6) is 0 Å². The van der Waals surface area contributed by atoms with Crippen molar-refractivity contribution in [3.05, 3.63) is 0 Å². The summed E-state index contributed by atoms with van der Waals surface area (Å²) in [5.41, 5.74) is 0. The molecule has 1 aliphatic carbocycles. The third-order valence-corrected chi connectivity index (χ3v) is 7.28. The zero-order chi connectivity index (χ0) is 11.3. The van der Waals surface area contributed by atoms with E-state index in [1.54, 1.807) is 0 Å². The highest BCUT2D eigenvalue weighted by Gasteiger charge is 2.72. The van der Waals surface area contributed by atoms with Crippen LogP contribution in [0.25, 0.3) is 0 Å². The Hall–Kier alpha value is 0.960. The van der Waals surface area contributed by atoms with Crippen molar-refractivity contribution in [3.8, 4) is 0 Å². The molecule has 0 radical (unpaired) electrons. The number of hydrogen-bond donors (Lipinski definition) is 0. The van der Waals surface area contributed by atoms with Gasteiger partial charge in [0, 0.05) is 9.65 Å². The lowest BCUT2D eigenvalue weighted by molar-refractivity contribution is 0.322. The molecule has 0 N–H and O–H groups in total. The van der Waals surface area contributed by atoms with Crippen LogP contribution in [0.3, 0.4) is 0 Å². The van der Waals surface area contributed by atoms with E-state index < -0.39 is 31.5 Å². The van der Waals surface area contributed by atoms with Crippen molar-refractivity contribution < 1.29 is 19.4 Å². The van der Waals surface area contributed by atoms with Gasteiger partial charge in [0.25, 0.3) is 10.2 Å². The van der Waals surface area contributed by atoms with Gasteiger partial charge in [0.15, 0.2) is 0 Å². The molecular formula is C6H9Br2F5S. The summed E-state index contributed by atoms with van der Waals surface area (Å²) in [4.78, 5) is -1.77. The molecule has 0 spiro atoms. The highest BCUT2D eigenvalue weighted by Crippen LogP contribution is 3.01. The highest BCUT2D eigenvalue weighted by atomic mass is 79.9. The van der Waals surface area contributed by atoms with Gasteiger partial charge in [0.05, 0.1) is 0 Å². The number of halogens is 7. The maximum absolute atomic E-state index is 12.5. The van der Waals surface area contributed by atoms with E-state index in [0.29, 0.717) is 6.42 Å². The lowest BCUT2D eigenvalue weighted by atomic mass is 10.00. The summed E-state index contributed by atoms with van der Waals surface area (Å²) in [5.74, 6) is 0. The molecule has 3 unspecified atom stereocenters. The minimum atomic E-state index is -9.34. The van der Waals surface area contributed by atoms with Gasteiger partial charge in [-0.1, -0.05) is 57.7 Å². The first kappa shape index (κ1) is 13.0. The first-order valence-electron chi connectivity index (χ1n) is 3.93. The van der Waals surface area contributed by atoms with Gasteiger partial charge < -0.3 is 0 Å². The fourth-order valence-electron chi connectivity index (χ4n) is 1.53. The highest BCUT2D eigenvalue weighted by molar-refractivity contribution is 9.12. The van der Waals surface area contributed by atoms with Crippen molar-refractivity contribution in [2.24, 2.45) is 0 Å². The zero-order valence-corrected chi connectivity index (χ0v) is 10.9. The lowest BCUT2D eigenvalue weighted by Crippen LogP contribution is -2.41. The molecule has 0 saturated heterocycles. The minimum absolute atomic E-state index is 0.175. The fourth-order valence-corrected chi connectivity index (χ4v) is 5.47. The number of alkyl halides is 2. The summed E-state index contributed by atoms with van der Waals surface area (Å²) in [7, 11) is -9.34. The first-order valence-corrected chi connectivity index (χ1v) is 7.77. The van der Waals surface area contributed by atoms with Crippen LogP contribution in [0.2, 0.25) is 0 Å². The Labute approximate surface area is 95.6 Å². The second-order valence-corrected chi connectivity index (χ2v) is 8.35. The van der Waals surface area contributed by atoms with E-state index in [1.807, 2.05) is 0 Å². The molecule has 0 amide bonds. The van der Waals surface area contributed by atoms with Gasteiger partial charge in [-0.2, -0.15) is 0 Å². The standard InChI is InChI=1S/C6H9Br2F5S/c7-4-2-1-3-5(6(4)8)14(9,10,11,12)13/h4-6H,1-3H2. The molecule has 3 atom stereocenters. The summed E-state index contributed by atoms with van der Waals surface area (Å²) in [5, 5.41) is -2.51. The van der Waals surface area contributed by atoms with E-state index in [2.05, 4.69) is 31.9 Å². The Morgan fingerprint density at radius 3 is 1.79 bits per heavy atom. The van der Waals surface area contributed by atoms with E-state index in [9.17, 15) is 19.4 Å². The van der Waals surface area contributed by atoms with E-state index in [0.717, 1.165) is 0 Å². The van der Waals surface area contributed by atoms with Crippen LogP contribution in [0.15, 0.2) is 0 Å². The molecule has 1 rings (SSSR count). The molecule has 0 aromatic rings. The lowest BCUT2D eigenvalue weighted by Gasteiger charge is -2.51. The molecule has 0 aliphatic heterocycles. The van der Waals surface area contributed by atoms with Crippen LogP contribution in [0.1, 0.15) is 19.3 Å². The summed E-state index contributed by atoms with van der Waals surface area (Å²) in [6.45, 7) is 0. The number of rotatable bonds is 1. The SMILES string of the molecule is FS(F)(F)(F)(F)C1CCCC(Br)C1Br. The Bertz CT molecular complexity index is 236.